The lowest BCUT2D eigenvalue weighted by Gasteiger charge is -2.06. The number of rotatable bonds is 2. The molecule has 0 bridgehead atoms. The topological polar surface area (TPSA) is 40.8 Å². The molecule has 128 valence electrons. The lowest BCUT2D eigenvalue weighted by Crippen LogP contribution is -2.30. The summed E-state index contributed by atoms with van der Waals surface area (Å²) in [7, 11) is 1.94. The van der Waals surface area contributed by atoms with E-state index < -0.39 is 12.7 Å². The molecule has 0 aliphatic carbocycles. The number of aromatic nitrogens is 1. The molecular formula is C23H21N2O+. The fourth-order valence-corrected chi connectivity index (χ4v) is 3.53. The number of nitriles is 1. The summed E-state index contributed by atoms with van der Waals surface area (Å²) in [6.07, 6.45) is 1.94. The van der Waals surface area contributed by atoms with Crippen molar-refractivity contribution < 1.29 is 14.5 Å². The van der Waals surface area contributed by atoms with Gasteiger partial charge in [-0.15, -0.1) is 0 Å². The van der Waals surface area contributed by atoms with Crippen LogP contribution in [-0.2, 0) is 7.05 Å². The number of benzene rings is 2. The van der Waals surface area contributed by atoms with Crippen molar-refractivity contribution in [2.24, 2.45) is 7.05 Å². The van der Waals surface area contributed by atoms with Crippen LogP contribution in [0, 0.1) is 18.3 Å². The zero-order valence-electron chi connectivity index (χ0n) is 18.9. The summed E-state index contributed by atoms with van der Waals surface area (Å²) >= 11 is 0. The molecule has 0 aliphatic rings. The van der Waals surface area contributed by atoms with Gasteiger partial charge in [-0.2, -0.15) is 5.26 Å². The minimum absolute atomic E-state index is 0.244. The highest BCUT2D eigenvalue weighted by Gasteiger charge is 2.23. The molecule has 4 rings (SSSR count). The van der Waals surface area contributed by atoms with Crippen LogP contribution in [0.3, 0.4) is 0 Å². The van der Waals surface area contributed by atoms with E-state index in [9.17, 15) is 5.26 Å². The first kappa shape index (κ1) is 12.3. The molecule has 4 aromatic rings. The monoisotopic (exact) mass is 345 g/mol. The van der Waals surface area contributed by atoms with Crippen molar-refractivity contribution in [2.75, 3.05) is 0 Å². The molecule has 1 atom stereocenters. The third-order valence-electron chi connectivity index (χ3n) is 4.83. The van der Waals surface area contributed by atoms with Crippen LogP contribution in [0.1, 0.15) is 41.8 Å². The molecule has 2 aromatic heterocycles. The Kier molecular flexibility index (Phi) is 2.83. The van der Waals surface area contributed by atoms with Crippen LogP contribution in [0.25, 0.3) is 33.2 Å². The summed E-state index contributed by atoms with van der Waals surface area (Å²) in [5.74, 6) is -1.89. The van der Waals surface area contributed by atoms with Gasteiger partial charge in [0, 0.05) is 28.4 Å². The first-order valence-corrected chi connectivity index (χ1v) is 8.42. The first-order valence-electron chi connectivity index (χ1n) is 10.4. The quantitative estimate of drug-likeness (QED) is 0.458. The lowest BCUT2D eigenvalue weighted by atomic mass is 9.95. The van der Waals surface area contributed by atoms with E-state index in [0.29, 0.717) is 16.5 Å². The van der Waals surface area contributed by atoms with Crippen LogP contribution < -0.4 is 4.57 Å². The van der Waals surface area contributed by atoms with Gasteiger partial charge in [0.2, 0.25) is 5.69 Å². The number of pyridine rings is 1. The molecule has 3 nitrogen and oxygen atoms in total. The average Bonchev–Trinajstić information content (AvgIpc) is 3.06. The van der Waals surface area contributed by atoms with Gasteiger partial charge in [-0.05, 0) is 36.1 Å². The van der Waals surface area contributed by atoms with Crippen LogP contribution in [0.4, 0.5) is 0 Å². The summed E-state index contributed by atoms with van der Waals surface area (Å²) in [4.78, 5) is 0. The van der Waals surface area contributed by atoms with E-state index in [1.165, 1.54) is 13.0 Å². The summed E-state index contributed by atoms with van der Waals surface area (Å²) < 4.78 is 40.4. The van der Waals surface area contributed by atoms with E-state index in [1.54, 1.807) is 6.07 Å². The first-order chi connectivity index (χ1) is 14.1. The molecule has 0 N–H and O–H groups in total. The Morgan fingerprint density at radius 1 is 1.19 bits per heavy atom. The molecule has 1 unspecified atom stereocenters. The van der Waals surface area contributed by atoms with E-state index in [0.717, 1.165) is 22.2 Å². The smallest absolute Gasteiger partial charge is 0.216 e. The normalized spacial score (nSPS) is 16.4. The van der Waals surface area contributed by atoms with Gasteiger partial charge >= 0.3 is 0 Å². The Labute approximate surface area is 158 Å². The number of hydrogen-bond acceptors (Lipinski definition) is 2. The van der Waals surface area contributed by atoms with E-state index in [-0.39, 0.29) is 11.1 Å². The zero-order valence-corrected chi connectivity index (χ0v) is 14.9. The SMILES string of the molecule is [2H]C([2H])([2H])C([2H])(C)c1ccc(C#N)c2c1oc1c(-c3cccc[n+]3C)c(C)ccc12. The molecule has 0 fully saturated rings. The summed E-state index contributed by atoms with van der Waals surface area (Å²) in [5, 5.41) is 11.0. The Balaban J connectivity index is 2.19. The Morgan fingerprint density at radius 3 is 2.77 bits per heavy atom. The van der Waals surface area contributed by atoms with Crippen LogP contribution in [0.2, 0.25) is 0 Å². The predicted molar refractivity (Wildman–Crippen MR) is 104 cm³/mol. The number of hydrogen-bond donors (Lipinski definition) is 0. The van der Waals surface area contributed by atoms with Gasteiger partial charge in [0.15, 0.2) is 6.20 Å². The molecule has 26 heavy (non-hydrogen) atoms. The summed E-state index contributed by atoms with van der Waals surface area (Å²) in [6.45, 7) is 0.785. The molecule has 0 radical (unpaired) electrons. The number of nitrogens with zero attached hydrogens (tertiary/aromatic N) is 2. The van der Waals surface area contributed by atoms with Gasteiger partial charge < -0.3 is 4.42 Å². The molecular weight excluding hydrogens is 320 g/mol. The second kappa shape index (κ2) is 6.00. The third-order valence-corrected chi connectivity index (χ3v) is 4.83. The molecule has 0 spiro atoms. The zero-order chi connectivity index (χ0) is 21.8. The van der Waals surface area contributed by atoms with Crippen molar-refractivity contribution in [3.63, 3.8) is 0 Å². The van der Waals surface area contributed by atoms with E-state index in [1.807, 2.05) is 55.1 Å². The van der Waals surface area contributed by atoms with Crippen molar-refractivity contribution >= 4 is 21.9 Å². The van der Waals surface area contributed by atoms with Crippen molar-refractivity contribution in [1.29, 1.82) is 5.26 Å². The van der Waals surface area contributed by atoms with E-state index in [4.69, 9.17) is 9.90 Å². The van der Waals surface area contributed by atoms with Crippen molar-refractivity contribution in [3.8, 4) is 17.3 Å². The maximum atomic E-state index is 9.70. The highest BCUT2D eigenvalue weighted by molar-refractivity contribution is 6.12. The number of aryl methyl sites for hydroxylation is 2. The minimum Gasteiger partial charge on any atom is -0.455 e. The fraction of sp³-hybridized carbons (Fsp3) is 0.217. The molecule has 0 amide bonds. The molecule has 3 heteroatoms. The van der Waals surface area contributed by atoms with Gasteiger partial charge in [0.25, 0.3) is 0 Å². The van der Waals surface area contributed by atoms with Crippen LogP contribution >= 0.6 is 0 Å². The molecule has 2 heterocycles. The van der Waals surface area contributed by atoms with Crippen molar-refractivity contribution in [1.82, 2.24) is 0 Å². The highest BCUT2D eigenvalue weighted by Crippen LogP contribution is 2.40. The maximum Gasteiger partial charge on any atom is 0.216 e. The van der Waals surface area contributed by atoms with Gasteiger partial charge in [0.05, 0.1) is 17.2 Å². The van der Waals surface area contributed by atoms with Crippen molar-refractivity contribution in [3.05, 3.63) is 65.4 Å². The Morgan fingerprint density at radius 2 is 2.04 bits per heavy atom. The minimum atomic E-state index is -2.56. The van der Waals surface area contributed by atoms with E-state index >= 15 is 0 Å². The standard InChI is InChI=1S/C23H21N2O/c1-14(2)17-11-9-16(13-24)21-18-10-8-15(3)20(23(18)26-22(17)21)19-7-5-6-12-25(19)4/h5-12,14H,1-4H3/q+1/i1D3,14D. The van der Waals surface area contributed by atoms with Gasteiger partial charge in [-0.1, -0.05) is 32.0 Å². The van der Waals surface area contributed by atoms with Gasteiger partial charge in [0.1, 0.15) is 18.2 Å². The van der Waals surface area contributed by atoms with Crippen LogP contribution in [-0.4, -0.2) is 0 Å². The van der Waals surface area contributed by atoms with E-state index in [2.05, 4.69) is 6.07 Å². The Hall–Kier alpha value is -3.12. The van der Waals surface area contributed by atoms with Gasteiger partial charge in [-0.3, -0.25) is 0 Å². The van der Waals surface area contributed by atoms with Gasteiger partial charge in [-0.25, -0.2) is 4.57 Å². The van der Waals surface area contributed by atoms with Crippen LogP contribution in [0.15, 0.2) is 53.1 Å². The second-order valence-electron chi connectivity index (χ2n) is 6.53. The maximum absolute atomic E-state index is 9.70. The number of furan rings is 1. The fourth-order valence-electron chi connectivity index (χ4n) is 3.53. The average molecular weight is 345 g/mol. The largest absolute Gasteiger partial charge is 0.455 e. The molecule has 0 aliphatic heterocycles. The second-order valence-corrected chi connectivity index (χ2v) is 6.53. The lowest BCUT2D eigenvalue weighted by molar-refractivity contribution is -0.660. The Bertz CT molecular complexity index is 1340. The summed E-state index contributed by atoms with van der Waals surface area (Å²) in [5.41, 5.74) is 4.30. The molecule has 0 saturated carbocycles. The summed E-state index contributed by atoms with van der Waals surface area (Å²) in [6, 6.07) is 15.0. The number of fused-ring (bicyclic) bond motifs is 3. The predicted octanol–water partition coefficient (Wildman–Crippen LogP) is 5.38. The highest BCUT2D eigenvalue weighted by atomic mass is 16.3. The van der Waals surface area contributed by atoms with Crippen LogP contribution in [0.5, 0.6) is 0 Å². The third kappa shape index (κ3) is 2.30. The van der Waals surface area contributed by atoms with Crippen molar-refractivity contribution in [2.45, 2.75) is 26.6 Å². The molecule has 2 aromatic carbocycles. The molecule has 0 saturated heterocycles.